The van der Waals surface area contributed by atoms with Crippen LogP contribution in [0.1, 0.15) is 37.8 Å². The molecule has 2 atom stereocenters. The molecule has 2 aromatic carbocycles. The molecule has 0 aliphatic carbocycles. The van der Waals surface area contributed by atoms with Crippen LogP contribution in [-0.4, -0.2) is 36.6 Å². The van der Waals surface area contributed by atoms with Gasteiger partial charge >= 0.3 is 5.97 Å². The van der Waals surface area contributed by atoms with Crippen LogP contribution >= 0.6 is 22.6 Å². The number of nitrogens with one attached hydrogen (secondary N) is 1. The van der Waals surface area contributed by atoms with E-state index < -0.39 is 5.97 Å². The highest BCUT2D eigenvalue weighted by atomic mass is 127. The first kappa shape index (κ1) is 17.7. The fourth-order valence-electron chi connectivity index (χ4n) is 3.15. The Hall–Kier alpha value is -2.09. The van der Waals surface area contributed by atoms with E-state index in [9.17, 15) is 9.59 Å². The SMILES string of the molecule is CNC(=O)c1cc(C(=O)OC)cc2c1OC(CI)C2c1ccccc1. The summed E-state index contributed by atoms with van der Waals surface area (Å²) in [6.45, 7) is 0. The summed E-state index contributed by atoms with van der Waals surface area (Å²) >= 11 is 2.28. The van der Waals surface area contributed by atoms with Gasteiger partial charge in [-0.15, -0.1) is 0 Å². The van der Waals surface area contributed by atoms with Gasteiger partial charge in [-0.1, -0.05) is 52.9 Å². The first-order valence-electron chi connectivity index (χ1n) is 7.86. The van der Waals surface area contributed by atoms with E-state index in [1.54, 1.807) is 13.1 Å². The molecule has 1 N–H and O–H groups in total. The molecule has 0 saturated carbocycles. The van der Waals surface area contributed by atoms with Gasteiger partial charge in [0.05, 0.1) is 24.2 Å². The van der Waals surface area contributed by atoms with Gasteiger partial charge < -0.3 is 14.8 Å². The maximum atomic E-state index is 12.3. The van der Waals surface area contributed by atoms with Gasteiger partial charge in [-0.05, 0) is 17.7 Å². The number of hydrogen-bond acceptors (Lipinski definition) is 4. The number of benzene rings is 2. The quantitative estimate of drug-likeness (QED) is 0.441. The number of rotatable bonds is 4. The Bertz CT molecular complexity index is 807. The molecule has 6 heteroatoms. The molecule has 1 aliphatic rings. The van der Waals surface area contributed by atoms with E-state index in [1.807, 2.05) is 30.3 Å². The highest BCUT2D eigenvalue weighted by Crippen LogP contribution is 2.45. The largest absolute Gasteiger partial charge is 0.487 e. The third-order valence-corrected chi connectivity index (χ3v) is 5.17. The standard InChI is InChI=1S/C19H18INO4/c1-21-18(22)14-9-12(19(23)24-2)8-13-16(11-6-4-3-5-7-11)15(10-20)25-17(13)14/h3-9,15-16H,10H2,1-2H3,(H,21,22). The number of amides is 1. The van der Waals surface area contributed by atoms with Gasteiger partial charge in [0.1, 0.15) is 11.9 Å². The summed E-state index contributed by atoms with van der Waals surface area (Å²) < 4.78 is 11.7. The van der Waals surface area contributed by atoms with Gasteiger partial charge in [-0.2, -0.15) is 0 Å². The average Bonchev–Trinajstić information content (AvgIpc) is 3.05. The number of alkyl halides is 1. The lowest BCUT2D eigenvalue weighted by Gasteiger charge is -2.17. The Morgan fingerprint density at radius 3 is 2.56 bits per heavy atom. The second-order valence-electron chi connectivity index (χ2n) is 5.71. The van der Waals surface area contributed by atoms with Crippen molar-refractivity contribution in [1.82, 2.24) is 5.32 Å². The Morgan fingerprint density at radius 2 is 1.96 bits per heavy atom. The van der Waals surface area contributed by atoms with Crippen LogP contribution in [0, 0.1) is 0 Å². The lowest BCUT2D eigenvalue weighted by Crippen LogP contribution is -2.22. The van der Waals surface area contributed by atoms with E-state index in [4.69, 9.17) is 9.47 Å². The Labute approximate surface area is 159 Å². The fraction of sp³-hybridized carbons (Fsp3) is 0.263. The van der Waals surface area contributed by atoms with Gasteiger partial charge in [0.2, 0.25) is 0 Å². The molecule has 2 aromatic rings. The predicted octanol–water partition coefficient (Wildman–Crippen LogP) is 3.16. The van der Waals surface area contributed by atoms with Crippen LogP contribution in [0.4, 0.5) is 0 Å². The number of fused-ring (bicyclic) bond motifs is 1. The molecule has 0 fully saturated rings. The van der Waals surface area contributed by atoms with E-state index >= 15 is 0 Å². The van der Waals surface area contributed by atoms with Crippen molar-refractivity contribution in [3.8, 4) is 5.75 Å². The molecule has 5 nitrogen and oxygen atoms in total. The van der Waals surface area contributed by atoms with E-state index in [0.717, 1.165) is 15.6 Å². The second kappa shape index (κ2) is 7.43. The van der Waals surface area contributed by atoms with Crippen LogP contribution in [0.3, 0.4) is 0 Å². The highest BCUT2D eigenvalue weighted by molar-refractivity contribution is 14.1. The monoisotopic (exact) mass is 451 g/mol. The Morgan fingerprint density at radius 1 is 1.24 bits per heavy atom. The minimum absolute atomic E-state index is 0.0406. The molecular weight excluding hydrogens is 433 g/mol. The summed E-state index contributed by atoms with van der Waals surface area (Å²) in [4.78, 5) is 24.4. The van der Waals surface area contributed by atoms with Crippen LogP contribution < -0.4 is 10.1 Å². The summed E-state index contributed by atoms with van der Waals surface area (Å²) in [5.41, 5.74) is 2.63. The van der Waals surface area contributed by atoms with E-state index in [1.165, 1.54) is 13.2 Å². The van der Waals surface area contributed by atoms with Crippen molar-refractivity contribution in [2.45, 2.75) is 12.0 Å². The highest BCUT2D eigenvalue weighted by Gasteiger charge is 2.38. The van der Waals surface area contributed by atoms with Crippen LogP contribution in [0.25, 0.3) is 0 Å². The van der Waals surface area contributed by atoms with Crippen molar-refractivity contribution in [3.05, 3.63) is 64.7 Å². The minimum atomic E-state index is -0.474. The van der Waals surface area contributed by atoms with Crippen molar-refractivity contribution in [2.24, 2.45) is 0 Å². The smallest absolute Gasteiger partial charge is 0.337 e. The average molecular weight is 451 g/mol. The van der Waals surface area contributed by atoms with Crippen molar-refractivity contribution in [3.63, 3.8) is 0 Å². The molecule has 0 bridgehead atoms. The molecule has 0 radical (unpaired) electrons. The molecule has 1 amide bonds. The number of hydrogen-bond donors (Lipinski definition) is 1. The number of ether oxygens (including phenoxy) is 2. The van der Waals surface area contributed by atoms with E-state index in [2.05, 4.69) is 27.9 Å². The Balaban J connectivity index is 2.21. The molecule has 130 valence electrons. The van der Waals surface area contributed by atoms with Gasteiger partial charge in [-0.25, -0.2) is 4.79 Å². The van der Waals surface area contributed by atoms with E-state index in [-0.39, 0.29) is 17.9 Å². The van der Waals surface area contributed by atoms with Gasteiger partial charge in [-0.3, -0.25) is 4.79 Å². The maximum absolute atomic E-state index is 12.3. The lowest BCUT2D eigenvalue weighted by atomic mass is 9.87. The normalized spacial score (nSPS) is 18.2. The third kappa shape index (κ3) is 3.22. The number of carbonyl (C=O) groups is 2. The minimum Gasteiger partial charge on any atom is -0.487 e. The molecule has 25 heavy (non-hydrogen) atoms. The van der Waals surface area contributed by atoms with Crippen LogP contribution in [0.2, 0.25) is 0 Å². The van der Waals surface area contributed by atoms with Crippen LogP contribution in [-0.2, 0) is 4.74 Å². The first-order chi connectivity index (χ1) is 12.1. The molecule has 1 aliphatic heterocycles. The fourth-order valence-corrected chi connectivity index (χ4v) is 3.84. The van der Waals surface area contributed by atoms with Gasteiger partial charge in [0.25, 0.3) is 5.91 Å². The van der Waals surface area contributed by atoms with Gasteiger partial charge in [0.15, 0.2) is 0 Å². The van der Waals surface area contributed by atoms with Crippen molar-refractivity contribution >= 4 is 34.5 Å². The molecular formula is C19H18INO4. The van der Waals surface area contributed by atoms with Crippen molar-refractivity contribution in [1.29, 1.82) is 0 Å². The van der Waals surface area contributed by atoms with Crippen molar-refractivity contribution in [2.75, 3.05) is 18.6 Å². The summed E-state index contributed by atoms with van der Waals surface area (Å²) in [5.74, 6) is -0.260. The number of halogens is 1. The van der Waals surface area contributed by atoms with E-state index in [0.29, 0.717) is 16.9 Å². The lowest BCUT2D eigenvalue weighted by molar-refractivity contribution is 0.0600. The molecule has 0 saturated heterocycles. The second-order valence-corrected chi connectivity index (χ2v) is 6.59. The zero-order valence-electron chi connectivity index (χ0n) is 13.9. The first-order valence-corrected chi connectivity index (χ1v) is 9.39. The summed E-state index contributed by atoms with van der Waals surface area (Å²) in [5, 5.41) is 2.61. The van der Waals surface area contributed by atoms with Crippen LogP contribution in [0.5, 0.6) is 5.75 Å². The summed E-state index contributed by atoms with van der Waals surface area (Å²) in [6, 6.07) is 13.3. The molecule has 3 rings (SSSR count). The molecule has 0 spiro atoms. The number of esters is 1. The molecule has 0 aromatic heterocycles. The topological polar surface area (TPSA) is 64.6 Å². The zero-order chi connectivity index (χ0) is 18.0. The number of carbonyl (C=O) groups excluding carboxylic acids is 2. The number of methoxy groups -OCH3 is 1. The summed E-state index contributed by atoms with van der Waals surface area (Å²) in [7, 11) is 2.88. The Kier molecular flexibility index (Phi) is 5.27. The van der Waals surface area contributed by atoms with Crippen LogP contribution in [0.15, 0.2) is 42.5 Å². The molecule has 2 unspecified atom stereocenters. The predicted molar refractivity (Wildman–Crippen MR) is 103 cm³/mol. The third-order valence-electron chi connectivity index (χ3n) is 4.30. The van der Waals surface area contributed by atoms with Crippen molar-refractivity contribution < 1.29 is 19.1 Å². The maximum Gasteiger partial charge on any atom is 0.337 e. The van der Waals surface area contributed by atoms with Gasteiger partial charge in [0, 0.05) is 17.0 Å². The summed E-state index contributed by atoms with van der Waals surface area (Å²) in [6.07, 6.45) is -0.102. The zero-order valence-corrected chi connectivity index (χ0v) is 16.1. The molecule has 1 heterocycles.